The van der Waals surface area contributed by atoms with Crippen LogP contribution in [0.15, 0.2) is 12.1 Å². The zero-order valence-electron chi connectivity index (χ0n) is 11.2. The summed E-state index contributed by atoms with van der Waals surface area (Å²) in [6.45, 7) is 5.96. The number of non-ortho nitro benzene ring substituents is 1. The van der Waals surface area contributed by atoms with E-state index >= 15 is 0 Å². The molecule has 0 fully saturated rings. The molecule has 0 aromatic heterocycles. The van der Waals surface area contributed by atoms with E-state index in [0.717, 1.165) is 25.0 Å². The van der Waals surface area contributed by atoms with Crippen molar-refractivity contribution in [3.8, 4) is 0 Å². The molecule has 0 spiro atoms. The maximum atomic E-state index is 13.6. The van der Waals surface area contributed by atoms with Crippen LogP contribution in [0.2, 0.25) is 0 Å². The SMILES string of the molecule is CC(C)CCC(C)Nc1c(F)cc([N+](=O)[O-])cc1F. The summed E-state index contributed by atoms with van der Waals surface area (Å²) in [7, 11) is 0. The van der Waals surface area contributed by atoms with Gasteiger partial charge in [-0.15, -0.1) is 0 Å². The van der Waals surface area contributed by atoms with Crippen molar-refractivity contribution in [3.63, 3.8) is 0 Å². The molecule has 1 atom stereocenters. The molecule has 0 amide bonds. The summed E-state index contributed by atoms with van der Waals surface area (Å²) >= 11 is 0. The molecular weight excluding hydrogens is 254 g/mol. The zero-order chi connectivity index (χ0) is 14.6. The summed E-state index contributed by atoms with van der Waals surface area (Å²) in [5.74, 6) is -1.37. The first kappa shape index (κ1) is 15.3. The van der Waals surface area contributed by atoms with E-state index in [1.54, 1.807) is 0 Å². The van der Waals surface area contributed by atoms with Crippen molar-refractivity contribution in [1.29, 1.82) is 0 Å². The molecule has 0 bridgehead atoms. The molecule has 19 heavy (non-hydrogen) atoms. The van der Waals surface area contributed by atoms with Gasteiger partial charge in [0.15, 0.2) is 11.6 Å². The van der Waals surface area contributed by atoms with Crippen LogP contribution < -0.4 is 5.32 Å². The van der Waals surface area contributed by atoms with Crippen molar-refractivity contribution in [2.45, 2.75) is 39.7 Å². The lowest BCUT2D eigenvalue weighted by Crippen LogP contribution is -2.18. The second-order valence-electron chi connectivity index (χ2n) is 5.06. The number of nitrogens with one attached hydrogen (secondary N) is 1. The summed E-state index contributed by atoms with van der Waals surface area (Å²) in [5.41, 5.74) is -0.891. The fraction of sp³-hybridized carbons (Fsp3) is 0.538. The molecule has 106 valence electrons. The zero-order valence-corrected chi connectivity index (χ0v) is 11.2. The molecule has 0 aliphatic rings. The standard InChI is InChI=1S/C13H18F2N2O2/c1-8(2)4-5-9(3)16-13-11(14)6-10(17(18)19)7-12(13)15/h6-9,16H,4-5H2,1-3H3. The third-order valence-electron chi connectivity index (χ3n) is 2.81. The Labute approximate surface area is 111 Å². The van der Waals surface area contributed by atoms with Crippen LogP contribution in [0.3, 0.4) is 0 Å². The number of nitro benzene ring substituents is 1. The van der Waals surface area contributed by atoms with Crippen molar-refractivity contribution >= 4 is 11.4 Å². The number of hydrogen-bond acceptors (Lipinski definition) is 3. The van der Waals surface area contributed by atoms with E-state index in [2.05, 4.69) is 19.2 Å². The normalized spacial score (nSPS) is 12.5. The summed E-state index contributed by atoms with van der Waals surface area (Å²) < 4.78 is 27.2. The number of rotatable bonds is 6. The maximum Gasteiger partial charge on any atom is 0.275 e. The molecule has 0 radical (unpaired) electrons. The minimum atomic E-state index is -0.942. The molecule has 0 saturated carbocycles. The maximum absolute atomic E-state index is 13.6. The fourth-order valence-electron chi connectivity index (χ4n) is 1.70. The molecule has 1 aromatic carbocycles. The number of halogens is 2. The number of nitro groups is 1. The topological polar surface area (TPSA) is 55.2 Å². The van der Waals surface area contributed by atoms with Crippen molar-refractivity contribution in [1.82, 2.24) is 0 Å². The van der Waals surface area contributed by atoms with E-state index in [1.807, 2.05) is 6.92 Å². The van der Waals surface area contributed by atoms with Crippen LogP contribution in [0.4, 0.5) is 20.2 Å². The largest absolute Gasteiger partial charge is 0.378 e. The fourth-order valence-corrected chi connectivity index (χ4v) is 1.70. The minimum absolute atomic E-state index is 0.104. The average molecular weight is 272 g/mol. The quantitative estimate of drug-likeness (QED) is 0.626. The Hall–Kier alpha value is -1.72. The van der Waals surface area contributed by atoms with Crippen LogP contribution in [0, 0.1) is 27.7 Å². The minimum Gasteiger partial charge on any atom is -0.378 e. The van der Waals surface area contributed by atoms with Crippen molar-refractivity contribution < 1.29 is 13.7 Å². The molecule has 0 aliphatic carbocycles. The Morgan fingerprint density at radius 1 is 1.21 bits per heavy atom. The van der Waals surface area contributed by atoms with Gasteiger partial charge in [-0.25, -0.2) is 8.78 Å². The number of anilines is 1. The van der Waals surface area contributed by atoms with Gasteiger partial charge in [0.05, 0.1) is 17.1 Å². The highest BCUT2D eigenvalue weighted by molar-refractivity contribution is 5.52. The Bertz CT molecular complexity index is 441. The Morgan fingerprint density at radius 2 is 1.74 bits per heavy atom. The van der Waals surface area contributed by atoms with E-state index < -0.39 is 22.2 Å². The molecule has 0 heterocycles. The number of hydrogen-bond donors (Lipinski definition) is 1. The van der Waals surface area contributed by atoms with Crippen LogP contribution in [0.1, 0.15) is 33.6 Å². The first-order chi connectivity index (χ1) is 8.81. The summed E-state index contributed by atoms with van der Waals surface area (Å²) in [6, 6.07) is 1.34. The van der Waals surface area contributed by atoms with Crippen LogP contribution in [0.5, 0.6) is 0 Å². The first-order valence-electron chi connectivity index (χ1n) is 6.21. The second-order valence-corrected chi connectivity index (χ2v) is 5.06. The summed E-state index contributed by atoms with van der Waals surface area (Å²) in [5, 5.41) is 13.2. The van der Waals surface area contributed by atoms with Crippen LogP contribution in [-0.2, 0) is 0 Å². The molecule has 4 nitrogen and oxygen atoms in total. The van der Waals surface area contributed by atoms with Gasteiger partial charge in [-0.3, -0.25) is 10.1 Å². The monoisotopic (exact) mass is 272 g/mol. The van der Waals surface area contributed by atoms with Gasteiger partial charge in [0.25, 0.3) is 5.69 Å². The van der Waals surface area contributed by atoms with Gasteiger partial charge >= 0.3 is 0 Å². The smallest absolute Gasteiger partial charge is 0.275 e. The van der Waals surface area contributed by atoms with Crippen LogP contribution in [-0.4, -0.2) is 11.0 Å². The van der Waals surface area contributed by atoms with Gasteiger partial charge in [0.2, 0.25) is 0 Å². The lowest BCUT2D eigenvalue weighted by Gasteiger charge is -2.17. The highest BCUT2D eigenvalue weighted by Crippen LogP contribution is 2.26. The van der Waals surface area contributed by atoms with E-state index in [0.29, 0.717) is 5.92 Å². The molecule has 1 N–H and O–H groups in total. The van der Waals surface area contributed by atoms with Gasteiger partial charge in [-0.05, 0) is 25.7 Å². The predicted octanol–water partition coefficient (Wildman–Crippen LogP) is 4.11. The van der Waals surface area contributed by atoms with E-state index in [4.69, 9.17) is 0 Å². The van der Waals surface area contributed by atoms with Crippen molar-refractivity contribution in [2.75, 3.05) is 5.32 Å². The van der Waals surface area contributed by atoms with Gasteiger partial charge in [-0.2, -0.15) is 0 Å². The molecular formula is C13H18F2N2O2. The molecule has 1 aromatic rings. The lowest BCUT2D eigenvalue weighted by atomic mass is 10.0. The molecule has 1 rings (SSSR count). The first-order valence-corrected chi connectivity index (χ1v) is 6.21. The van der Waals surface area contributed by atoms with Crippen molar-refractivity contribution in [2.24, 2.45) is 5.92 Å². The van der Waals surface area contributed by atoms with E-state index in [-0.39, 0.29) is 11.7 Å². The second kappa shape index (κ2) is 6.45. The van der Waals surface area contributed by atoms with Gasteiger partial charge < -0.3 is 5.32 Å². The summed E-state index contributed by atoms with van der Waals surface area (Å²) in [4.78, 5) is 9.65. The highest BCUT2D eigenvalue weighted by Gasteiger charge is 2.18. The van der Waals surface area contributed by atoms with E-state index in [1.165, 1.54) is 0 Å². The third kappa shape index (κ3) is 4.46. The van der Waals surface area contributed by atoms with Gasteiger partial charge in [-0.1, -0.05) is 13.8 Å². The molecule has 0 aliphatic heterocycles. The average Bonchev–Trinajstić information content (AvgIpc) is 2.30. The number of benzene rings is 1. The summed E-state index contributed by atoms with van der Waals surface area (Å²) in [6.07, 6.45) is 1.71. The van der Waals surface area contributed by atoms with E-state index in [9.17, 15) is 18.9 Å². The van der Waals surface area contributed by atoms with Crippen molar-refractivity contribution in [3.05, 3.63) is 33.9 Å². The van der Waals surface area contributed by atoms with Crippen LogP contribution >= 0.6 is 0 Å². The molecule has 6 heteroatoms. The Kier molecular flexibility index (Phi) is 5.20. The molecule has 0 saturated heterocycles. The van der Waals surface area contributed by atoms with Gasteiger partial charge in [0.1, 0.15) is 5.69 Å². The Balaban J connectivity index is 2.81. The third-order valence-corrected chi connectivity index (χ3v) is 2.81. The highest BCUT2D eigenvalue weighted by atomic mass is 19.1. The van der Waals surface area contributed by atoms with Crippen LogP contribution in [0.25, 0.3) is 0 Å². The molecule has 1 unspecified atom stereocenters. The predicted molar refractivity (Wildman–Crippen MR) is 70.2 cm³/mol. The Morgan fingerprint density at radius 3 is 2.16 bits per heavy atom. The lowest BCUT2D eigenvalue weighted by molar-refractivity contribution is -0.385. The number of nitrogens with zero attached hydrogens (tertiary/aromatic N) is 1. The van der Waals surface area contributed by atoms with Gasteiger partial charge in [0, 0.05) is 6.04 Å².